The van der Waals surface area contributed by atoms with E-state index in [0.29, 0.717) is 43.4 Å². The van der Waals surface area contributed by atoms with Crippen LogP contribution in [-0.2, 0) is 57.6 Å². The molecule has 5 rings (SSSR count). The van der Waals surface area contributed by atoms with Crippen LogP contribution in [-0.4, -0.2) is 133 Å². The molecule has 21 heteroatoms. The third-order valence-electron chi connectivity index (χ3n) is 12.8. The quantitative estimate of drug-likeness (QED) is 0.0390. The molecule has 1 aliphatic rings. The Morgan fingerprint density at radius 1 is 0.808 bits per heavy atom. The van der Waals surface area contributed by atoms with Crippen molar-refractivity contribution in [2.75, 3.05) is 13.1 Å². The van der Waals surface area contributed by atoms with Gasteiger partial charge in [-0.25, -0.2) is 4.98 Å². The highest BCUT2D eigenvalue weighted by atomic mass is 16.3. The van der Waals surface area contributed by atoms with Crippen molar-refractivity contribution in [2.24, 2.45) is 11.7 Å². The number of para-hydroxylation sites is 1. The van der Waals surface area contributed by atoms with Gasteiger partial charge in [-0.15, -0.1) is 0 Å². The van der Waals surface area contributed by atoms with Gasteiger partial charge >= 0.3 is 0 Å². The summed E-state index contributed by atoms with van der Waals surface area (Å²) in [7, 11) is 0. The lowest BCUT2D eigenvalue weighted by Gasteiger charge is -2.29. The molecule has 0 radical (unpaired) electrons. The molecule has 0 bridgehead atoms. The number of aliphatic hydroxyl groups is 1. The molecular formula is C52H73N11O10. The first-order valence-corrected chi connectivity index (χ1v) is 25.3. The summed E-state index contributed by atoms with van der Waals surface area (Å²) in [5.41, 5.74) is 8.22. The number of aromatic hydroxyl groups is 1. The Balaban J connectivity index is 1.25. The van der Waals surface area contributed by atoms with E-state index in [0.717, 1.165) is 29.3 Å². The van der Waals surface area contributed by atoms with E-state index in [1.807, 2.05) is 45.0 Å². The van der Waals surface area contributed by atoms with Crippen molar-refractivity contribution in [3.05, 3.63) is 84.1 Å². The van der Waals surface area contributed by atoms with Gasteiger partial charge in [-0.05, 0) is 87.1 Å². The smallest absolute Gasteiger partial charge is 0.245 e. The lowest BCUT2D eigenvalue weighted by atomic mass is 9.95. The summed E-state index contributed by atoms with van der Waals surface area (Å²) in [6, 6.07) is 7.19. The van der Waals surface area contributed by atoms with Crippen molar-refractivity contribution >= 4 is 58.2 Å². The number of rotatable bonds is 28. The summed E-state index contributed by atoms with van der Waals surface area (Å²) in [5, 5.41) is 37.9. The van der Waals surface area contributed by atoms with Crippen LogP contribution >= 0.6 is 0 Å². The number of aromatic amines is 2. The van der Waals surface area contributed by atoms with Crippen molar-refractivity contribution in [3.8, 4) is 5.75 Å². The average molecular weight is 1010 g/mol. The Morgan fingerprint density at radius 3 is 2.21 bits per heavy atom. The molecule has 2 aromatic heterocycles. The summed E-state index contributed by atoms with van der Waals surface area (Å²) in [6.45, 7) is 7.23. The molecule has 1 aliphatic heterocycles. The molecule has 396 valence electrons. The minimum Gasteiger partial charge on any atom is -0.508 e. The van der Waals surface area contributed by atoms with E-state index < -0.39 is 96.2 Å². The maximum Gasteiger partial charge on any atom is 0.245 e. The minimum atomic E-state index is -1.30. The SMILES string of the molecule is CCCCC(O)[C@@H](CC(C)C)NC(=O)[C@H](Cc1cnc[nH]1)NC(=O)CN1CCCC[C@H](NC(=O)[C@H](C)NC(=O)[C@H](Cc2c[nH]c3ccccc23)NC(=O)[C@H](CCC(N)=O)NC(=O)CCc2ccc(O)cc2)C1=O. The zero-order valence-electron chi connectivity index (χ0n) is 42.2. The topological polar surface area (TPSA) is 323 Å². The Labute approximate surface area is 425 Å². The number of aromatic nitrogens is 3. The van der Waals surface area contributed by atoms with Gasteiger partial charge in [0.05, 0.1) is 25.0 Å². The number of hydrogen-bond donors (Lipinski definition) is 11. The van der Waals surface area contributed by atoms with Gasteiger partial charge in [-0.1, -0.05) is 63.9 Å². The molecule has 3 heterocycles. The van der Waals surface area contributed by atoms with Crippen LogP contribution in [0.25, 0.3) is 10.9 Å². The Hall–Kier alpha value is -7.29. The van der Waals surface area contributed by atoms with Gasteiger partial charge in [-0.3, -0.25) is 38.4 Å². The predicted octanol–water partition coefficient (Wildman–Crippen LogP) is 1.82. The van der Waals surface area contributed by atoms with Crippen molar-refractivity contribution in [1.82, 2.24) is 51.8 Å². The van der Waals surface area contributed by atoms with Crippen LogP contribution in [0.2, 0.25) is 0 Å². The normalized spacial score (nSPS) is 16.3. The lowest BCUT2D eigenvalue weighted by molar-refractivity contribution is -0.140. The number of aryl methyl sites for hydroxylation is 1. The van der Waals surface area contributed by atoms with Crippen LogP contribution in [0, 0.1) is 5.92 Å². The van der Waals surface area contributed by atoms with Crippen LogP contribution in [0.5, 0.6) is 5.75 Å². The van der Waals surface area contributed by atoms with Gasteiger partial charge in [0, 0.05) is 61.2 Å². The molecule has 1 unspecified atom stereocenters. The van der Waals surface area contributed by atoms with Crippen molar-refractivity contribution < 1.29 is 48.6 Å². The first kappa shape index (κ1) is 56.6. The van der Waals surface area contributed by atoms with E-state index in [1.54, 1.807) is 24.5 Å². The summed E-state index contributed by atoms with van der Waals surface area (Å²) < 4.78 is 0. The number of unbranched alkanes of at least 4 members (excludes halogenated alkanes) is 1. The number of phenols is 1. The summed E-state index contributed by atoms with van der Waals surface area (Å²) >= 11 is 0. The second-order valence-electron chi connectivity index (χ2n) is 19.3. The van der Waals surface area contributed by atoms with Gasteiger partial charge < -0.3 is 62.7 Å². The second-order valence-corrected chi connectivity index (χ2v) is 19.3. The van der Waals surface area contributed by atoms with E-state index in [1.165, 1.54) is 30.3 Å². The minimum absolute atomic E-state index is 0.0257. The highest BCUT2D eigenvalue weighted by Gasteiger charge is 2.34. The third-order valence-corrected chi connectivity index (χ3v) is 12.8. The van der Waals surface area contributed by atoms with Gasteiger partial charge in [0.25, 0.3) is 0 Å². The number of fused-ring (bicyclic) bond motifs is 1. The van der Waals surface area contributed by atoms with Crippen molar-refractivity contribution in [2.45, 2.75) is 154 Å². The number of likely N-dealkylation sites (tertiary alicyclic amines) is 1. The molecule has 2 aromatic carbocycles. The zero-order valence-corrected chi connectivity index (χ0v) is 42.2. The number of H-pyrrole nitrogens is 2. The van der Waals surface area contributed by atoms with Crippen LogP contribution in [0.4, 0.5) is 0 Å². The molecule has 7 atom stereocenters. The highest BCUT2D eigenvalue weighted by Crippen LogP contribution is 2.21. The summed E-state index contributed by atoms with van der Waals surface area (Å²) in [5.74, 6) is -4.83. The molecule has 21 nitrogen and oxygen atoms in total. The van der Waals surface area contributed by atoms with Crippen LogP contribution in [0.3, 0.4) is 0 Å². The number of nitrogens with zero attached hydrogens (tertiary/aromatic N) is 2. The number of hydrogen-bond acceptors (Lipinski definition) is 11. The number of amides is 8. The number of nitrogens with two attached hydrogens (primary N) is 1. The molecule has 0 spiro atoms. The lowest BCUT2D eigenvalue weighted by Crippen LogP contribution is -2.58. The van der Waals surface area contributed by atoms with E-state index in [4.69, 9.17) is 5.73 Å². The number of carbonyl (C=O) groups excluding carboxylic acids is 8. The maximum absolute atomic E-state index is 14.2. The number of nitrogens with one attached hydrogen (secondary N) is 8. The van der Waals surface area contributed by atoms with Crippen LogP contribution < -0.4 is 37.6 Å². The molecule has 4 aromatic rings. The number of benzene rings is 2. The summed E-state index contributed by atoms with van der Waals surface area (Å²) in [4.78, 5) is 120. The van der Waals surface area contributed by atoms with Gasteiger partial charge in [0.15, 0.2) is 0 Å². The van der Waals surface area contributed by atoms with Gasteiger partial charge in [-0.2, -0.15) is 0 Å². The number of carbonyl (C=O) groups is 8. The largest absolute Gasteiger partial charge is 0.508 e. The molecule has 12 N–H and O–H groups in total. The zero-order chi connectivity index (χ0) is 53.0. The van der Waals surface area contributed by atoms with Crippen molar-refractivity contribution in [3.63, 3.8) is 0 Å². The van der Waals surface area contributed by atoms with E-state index in [2.05, 4.69) is 46.9 Å². The first-order chi connectivity index (χ1) is 34.9. The van der Waals surface area contributed by atoms with Crippen LogP contribution in [0.1, 0.15) is 109 Å². The number of primary amides is 1. The Morgan fingerprint density at radius 2 is 1.51 bits per heavy atom. The predicted molar refractivity (Wildman–Crippen MR) is 272 cm³/mol. The first-order valence-electron chi connectivity index (χ1n) is 25.3. The van der Waals surface area contributed by atoms with Gasteiger partial charge in [0.2, 0.25) is 47.3 Å². The molecule has 0 aliphatic carbocycles. The maximum atomic E-state index is 14.2. The number of phenolic OH excluding ortho intramolecular Hbond substituents is 1. The fourth-order valence-corrected chi connectivity index (χ4v) is 8.77. The molecule has 73 heavy (non-hydrogen) atoms. The monoisotopic (exact) mass is 1010 g/mol. The van der Waals surface area contributed by atoms with Gasteiger partial charge in [0.1, 0.15) is 36.0 Å². The fourth-order valence-electron chi connectivity index (χ4n) is 8.77. The number of imidazole rings is 1. The van der Waals surface area contributed by atoms with Crippen LogP contribution in [0.15, 0.2) is 67.3 Å². The molecule has 1 fully saturated rings. The summed E-state index contributed by atoms with van der Waals surface area (Å²) in [6.07, 6.45) is 7.78. The third kappa shape index (κ3) is 18.1. The Bertz CT molecular complexity index is 2480. The molecular weight excluding hydrogens is 939 g/mol. The van der Waals surface area contributed by atoms with Crippen molar-refractivity contribution in [1.29, 1.82) is 0 Å². The molecule has 8 amide bonds. The molecule has 0 saturated carbocycles. The van der Waals surface area contributed by atoms with E-state index >= 15 is 0 Å². The molecule has 1 saturated heterocycles. The Kier molecular flexibility index (Phi) is 21.8. The highest BCUT2D eigenvalue weighted by molar-refractivity contribution is 5.97. The van der Waals surface area contributed by atoms with E-state index in [9.17, 15) is 48.6 Å². The fraction of sp³-hybridized carbons (Fsp3) is 0.519. The average Bonchev–Trinajstić information content (AvgIpc) is 3.99. The standard InChI is InChI=1S/C52H73N11O10/c1-5-6-14-44(65)41(24-31(2)3)61-51(72)43(26-35-28-54-30-56-35)59-47(68)29-63-23-10-9-13-40(52(63)73)60-48(69)32(4)57-50(71)42(25-34-27-55-38-12-8-7-11-37(34)38)62-49(70)39(20-21-45(53)66)58-46(67)22-17-33-15-18-36(64)19-16-33/h7-8,11-12,15-16,18-19,27-28,30-32,39-44,55,64-65H,5-6,9-10,13-14,17,20-26,29H2,1-4H3,(H2,53,66)(H,54,56)(H,57,71)(H,58,67)(H,59,68)(H,60,69)(H,61,72)(H,62,70)/t32-,39-,40-,41+,42-,43-,44?/m0/s1. The van der Waals surface area contributed by atoms with E-state index in [-0.39, 0.29) is 56.7 Å². The number of aliphatic hydroxyl groups excluding tert-OH is 1. The second kappa shape index (κ2) is 28.1.